The number of benzene rings is 1. The molecular weight excluding hydrogens is 364 g/mol. The highest BCUT2D eigenvalue weighted by atomic mass is 16.5. The highest BCUT2D eigenvalue weighted by Gasteiger charge is 2.30. The fourth-order valence-corrected chi connectivity index (χ4v) is 4.51. The zero-order chi connectivity index (χ0) is 20.1. The highest BCUT2D eigenvalue weighted by Crippen LogP contribution is 2.29. The van der Waals surface area contributed by atoms with Gasteiger partial charge in [-0.05, 0) is 37.7 Å². The SMILES string of the molecule is CCc1nc(C2CCCN(C(=O)C3CCOCC3)CC2)n(Cc2ccccc2)n1. The van der Waals surface area contributed by atoms with Crippen LogP contribution in [0, 0.1) is 5.92 Å². The third-order valence-corrected chi connectivity index (χ3v) is 6.21. The Morgan fingerprint density at radius 1 is 1.10 bits per heavy atom. The number of aromatic nitrogens is 3. The molecule has 1 aromatic heterocycles. The molecule has 3 heterocycles. The molecule has 1 amide bonds. The average Bonchev–Trinajstić information content (AvgIpc) is 3.01. The fourth-order valence-electron chi connectivity index (χ4n) is 4.51. The van der Waals surface area contributed by atoms with Gasteiger partial charge in [-0.2, -0.15) is 5.10 Å². The van der Waals surface area contributed by atoms with Crippen molar-refractivity contribution in [2.24, 2.45) is 5.92 Å². The van der Waals surface area contributed by atoms with E-state index in [1.54, 1.807) is 0 Å². The van der Waals surface area contributed by atoms with Gasteiger partial charge in [-0.3, -0.25) is 4.79 Å². The van der Waals surface area contributed by atoms with Crippen LogP contribution in [0.5, 0.6) is 0 Å². The minimum absolute atomic E-state index is 0.147. The first-order valence-electron chi connectivity index (χ1n) is 11.1. The molecule has 0 bridgehead atoms. The quantitative estimate of drug-likeness (QED) is 0.777. The summed E-state index contributed by atoms with van der Waals surface area (Å²) in [5.41, 5.74) is 1.24. The number of rotatable bonds is 5. The Labute approximate surface area is 173 Å². The molecule has 2 fully saturated rings. The number of hydrogen-bond donors (Lipinski definition) is 0. The summed E-state index contributed by atoms with van der Waals surface area (Å²) < 4.78 is 7.52. The molecule has 0 aliphatic carbocycles. The van der Waals surface area contributed by atoms with Crippen molar-refractivity contribution in [1.29, 1.82) is 0 Å². The van der Waals surface area contributed by atoms with Gasteiger partial charge in [0, 0.05) is 44.6 Å². The van der Waals surface area contributed by atoms with E-state index in [9.17, 15) is 4.79 Å². The zero-order valence-electron chi connectivity index (χ0n) is 17.4. The maximum atomic E-state index is 12.9. The van der Waals surface area contributed by atoms with Gasteiger partial charge in [0.25, 0.3) is 0 Å². The van der Waals surface area contributed by atoms with Crippen molar-refractivity contribution >= 4 is 5.91 Å². The van der Waals surface area contributed by atoms with E-state index < -0.39 is 0 Å². The molecule has 0 N–H and O–H groups in total. The standard InChI is InChI=1S/C23H32N4O2/c1-2-21-24-22(27(25-21)17-18-7-4-3-5-8-18)19-9-6-13-26(14-10-19)23(28)20-11-15-29-16-12-20/h3-5,7-8,19-20H,2,6,9-17H2,1H3. The number of likely N-dealkylation sites (tertiary alicyclic amines) is 1. The predicted octanol–water partition coefficient (Wildman–Crippen LogP) is 3.41. The van der Waals surface area contributed by atoms with Crippen LogP contribution >= 0.6 is 0 Å². The molecule has 6 heteroatoms. The Balaban J connectivity index is 1.46. The van der Waals surface area contributed by atoms with E-state index in [-0.39, 0.29) is 5.92 Å². The third-order valence-electron chi connectivity index (χ3n) is 6.21. The van der Waals surface area contributed by atoms with E-state index in [0.717, 1.165) is 83.0 Å². The molecule has 29 heavy (non-hydrogen) atoms. The molecule has 0 spiro atoms. The van der Waals surface area contributed by atoms with Gasteiger partial charge < -0.3 is 9.64 Å². The monoisotopic (exact) mass is 396 g/mol. The Hall–Kier alpha value is -2.21. The predicted molar refractivity (Wildman–Crippen MR) is 112 cm³/mol. The smallest absolute Gasteiger partial charge is 0.225 e. The van der Waals surface area contributed by atoms with E-state index in [1.165, 1.54) is 5.56 Å². The highest BCUT2D eigenvalue weighted by molar-refractivity contribution is 5.79. The lowest BCUT2D eigenvalue weighted by Gasteiger charge is -2.28. The van der Waals surface area contributed by atoms with Gasteiger partial charge in [-0.1, -0.05) is 37.3 Å². The van der Waals surface area contributed by atoms with Crippen molar-refractivity contribution in [1.82, 2.24) is 19.7 Å². The molecule has 2 aromatic rings. The van der Waals surface area contributed by atoms with E-state index >= 15 is 0 Å². The molecule has 2 aliphatic rings. The molecule has 6 nitrogen and oxygen atoms in total. The van der Waals surface area contributed by atoms with Crippen LogP contribution in [0.15, 0.2) is 30.3 Å². The van der Waals surface area contributed by atoms with Gasteiger partial charge in [-0.25, -0.2) is 9.67 Å². The van der Waals surface area contributed by atoms with Gasteiger partial charge in [0.1, 0.15) is 5.82 Å². The first-order chi connectivity index (χ1) is 14.2. The van der Waals surface area contributed by atoms with Gasteiger partial charge in [-0.15, -0.1) is 0 Å². The van der Waals surface area contributed by atoms with Crippen molar-refractivity contribution in [3.8, 4) is 0 Å². The average molecular weight is 397 g/mol. The summed E-state index contributed by atoms with van der Waals surface area (Å²) >= 11 is 0. The lowest BCUT2D eigenvalue weighted by Crippen LogP contribution is -2.39. The van der Waals surface area contributed by atoms with Crippen LogP contribution in [0.4, 0.5) is 0 Å². The molecule has 2 aliphatic heterocycles. The number of amides is 1. The van der Waals surface area contributed by atoms with Crippen molar-refractivity contribution < 1.29 is 9.53 Å². The topological polar surface area (TPSA) is 60.3 Å². The van der Waals surface area contributed by atoms with Crippen LogP contribution in [-0.2, 0) is 22.5 Å². The second-order valence-corrected chi connectivity index (χ2v) is 8.22. The Morgan fingerprint density at radius 3 is 2.66 bits per heavy atom. The minimum atomic E-state index is 0.147. The lowest BCUT2D eigenvalue weighted by atomic mass is 9.98. The third kappa shape index (κ3) is 4.86. The Morgan fingerprint density at radius 2 is 1.90 bits per heavy atom. The van der Waals surface area contributed by atoms with Gasteiger partial charge in [0.05, 0.1) is 6.54 Å². The molecule has 1 atom stereocenters. The van der Waals surface area contributed by atoms with Crippen molar-refractivity contribution in [2.75, 3.05) is 26.3 Å². The Kier molecular flexibility index (Phi) is 6.60. The maximum Gasteiger partial charge on any atom is 0.225 e. The number of hydrogen-bond acceptors (Lipinski definition) is 4. The van der Waals surface area contributed by atoms with Crippen LogP contribution in [0.25, 0.3) is 0 Å². The molecule has 1 aromatic carbocycles. The van der Waals surface area contributed by atoms with E-state index in [1.807, 2.05) is 6.07 Å². The minimum Gasteiger partial charge on any atom is -0.381 e. The van der Waals surface area contributed by atoms with Crippen LogP contribution in [0.2, 0.25) is 0 Å². The molecular formula is C23H32N4O2. The Bertz CT molecular complexity index is 798. The van der Waals surface area contributed by atoms with E-state index in [2.05, 4.69) is 40.8 Å². The summed E-state index contributed by atoms with van der Waals surface area (Å²) in [6, 6.07) is 10.5. The number of nitrogens with zero attached hydrogens (tertiary/aromatic N) is 4. The summed E-state index contributed by atoms with van der Waals surface area (Å²) in [7, 11) is 0. The van der Waals surface area contributed by atoms with Crippen molar-refractivity contribution in [3.63, 3.8) is 0 Å². The van der Waals surface area contributed by atoms with E-state index in [0.29, 0.717) is 11.8 Å². The first kappa shape index (κ1) is 20.1. The second-order valence-electron chi connectivity index (χ2n) is 8.22. The normalized spacial score (nSPS) is 21.1. The van der Waals surface area contributed by atoms with Crippen LogP contribution in [-0.4, -0.2) is 51.9 Å². The molecule has 1 unspecified atom stereocenters. The summed E-state index contributed by atoms with van der Waals surface area (Å²) in [4.78, 5) is 19.9. The number of carbonyl (C=O) groups excluding carboxylic acids is 1. The molecule has 0 radical (unpaired) electrons. The fraction of sp³-hybridized carbons (Fsp3) is 0.609. The van der Waals surface area contributed by atoms with Gasteiger partial charge >= 0.3 is 0 Å². The molecule has 0 saturated carbocycles. The summed E-state index contributed by atoms with van der Waals surface area (Å²) in [6.07, 6.45) is 5.63. The summed E-state index contributed by atoms with van der Waals surface area (Å²) in [6.45, 7) is 5.98. The molecule has 4 rings (SSSR count). The molecule has 156 valence electrons. The van der Waals surface area contributed by atoms with Crippen molar-refractivity contribution in [2.45, 2.75) is 57.9 Å². The van der Waals surface area contributed by atoms with Crippen LogP contribution in [0.1, 0.15) is 62.2 Å². The maximum absolute atomic E-state index is 12.9. The van der Waals surface area contributed by atoms with E-state index in [4.69, 9.17) is 14.8 Å². The van der Waals surface area contributed by atoms with Crippen molar-refractivity contribution in [3.05, 3.63) is 47.5 Å². The van der Waals surface area contributed by atoms with Gasteiger partial charge in [0.2, 0.25) is 5.91 Å². The van der Waals surface area contributed by atoms with Crippen LogP contribution < -0.4 is 0 Å². The largest absolute Gasteiger partial charge is 0.381 e. The number of aryl methyl sites for hydroxylation is 1. The number of carbonyl (C=O) groups is 1. The lowest BCUT2D eigenvalue weighted by molar-refractivity contribution is -0.138. The summed E-state index contributed by atoms with van der Waals surface area (Å²) in [5, 5.41) is 4.77. The van der Waals surface area contributed by atoms with Crippen LogP contribution in [0.3, 0.4) is 0 Å². The van der Waals surface area contributed by atoms with Gasteiger partial charge in [0.15, 0.2) is 5.82 Å². The second kappa shape index (κ2) is 9.53. The number of ether oxygens (including phenoxy) is 1. The zero-order valence-corrected chi connectivity index (χ0v) is 17.4. The first-order valence-corrected chi connectivity index (χ1v) is 11.1. The molecule has 2 saturated heterocycles. The summed E-state index contributed by atoms with van der Waals surface area (Å²) in [5.74, 6) is 2.84.